The van der Waals surface area contributed by atoms with E-state index in [1.807, 2.05) is 6.92 Å². The van der Waals surface area contributed by atoms with E-state index in [1.165, 1.54) is 19.1 Å². The third kappa shape index (κ3) is 5.68. The molecule has 0 aliphatic heterocycles. The summed E-state index contributed by atoms with van der Waals surface area (Å²) in [6.07, 6.45) is 0.733. The van der Waals surface area contributed by atoms with Gasteiger partial charge in [0.2, 0.25) is 15.9 Å². The highest BCUT2D eigenvalue weighted by atomic mass is 32.2. The molecule has 0 heterocycles. The molecule has 0 aliphatic carbocycles. The number of rotatable bonds is 8. The number of carbonyl (C=O) groups is 1. The van der Waals surface area contributed by atoms with Gasteiger partial charge in [-0.1, -0.05) is 6.92 Å². The summed E-state index contributed by atoms with van der Waals surface area (Å²) in [6, 6.07) is 6.07. The lowest BCUT2D eigenvalue weighted by atomic mass is 10.3. The van der Waals surface area contributed by atoms with Crippen LogP contribution in [0.4, 0.5) is 5.69 Å². The predicted molar refractivity (Wildman–Crippen MR) is 79.1 cm³/mol. The smallest absolute Gasteiger partial charge is 0.240 e. The molecule has 3 N–H and O–H groups in total. The van der Waals surface area contributed by atoms with Gasteiger partial charge >= 0.3 is 0 Å². The third-order valence-electron chi connectivity index (χ3n) is 2.56. The summed E-state index contributed by atoms with van der Waals surface area (Å²) in [5.41, 5.74) is 0.573. The van der Waals surface area contributed by atoms with Gasteiger partial charge in [0.15, 0.2) is 0 Å². The van der Waals surface area contributed by atoms with Crippen molar-refractivity contribution < 1.29 is 13.2 Å². The fourth-order valence-electron chi connectivity index (χ4n) is 1.60. The Kier molecular flexibility index (Phi) is 6.63. The van der Waals surface area contributed by atoms with E-state index in [-0.39, 0.29) is 10.8 Å². The number of carbonyl (C=O) groups excluding carboxylic acids is 1. The van der Waals surface area contributed by atoms with Gasteiger partial charge in [-0.3, -0.25) is 4.79 Å². The summed E-state index contributed by atoms with van der Waals surface area (Å²) in [5, 5.41) is 5.71. The Hall–Kier alpha value is -1.44. The second-order valence-corrected chi connectivity index (χ2v) is 6.08. The van der Waals surface area contributed by atoms with Crippen molar-refractivity contribution in [2.45, 2.75) is 25.2 Å². The molecule has 20 heavy (non-hydrogen) atoms. The lowest BCUT2D eigenvalue weighted by molar-refractivity contribution is -0.114. The fourth-order valence-corrected chi connectivity index (χ4v) is 2.67. The Labute approximate surface area is 120 Å². The molecule has 1 rings (SSSR count). The van der Waals surface area contributed by atoms with Crippen LogP contribution in [0.15, 0.2) is 29.2 Å². The molecule has 1 amide bonds. The van der Waals surface area contributed by atoms with Crippen LogP contribution in [-0.4, -0.2) is 34.0 Å². The van der Waals surface area contributed by atoms with Gasteiger partial charge < -0.3 is 10.6 Å². The SMILES string of the molecule is CCNCCCNS(=O)(=O)c1ccc(NC(C)=O)cc1. The molecule has 112 valence electrons. The minimum absolute atomic E-state index is 0.190. The summed E-state index contributed by atoms with van der Waals surface area (Å²) in [5.74, 6) is -0.192. The first-order valence-electron chi connectivity index (χ1n) is 6.53. The molecule has 0 fully saturated rings. The van der Waals surface area contributed by atoms with E-state index < -0.39 is 10.0 Å². The normalized spacial score (nSPS) is 11.3. The van der Waals surface area contributed by atoms with Gasteiger partial charge in [0, 0.05) is 19.2 Å². The van der Waals surface area contributed by atoms with Gasteiger partial charge in [-0.15, -0.1) is 0 Å². The molecule has 6 nitrogen and oxygen atoms in total. The van der Waals surface area contributed by atoms with Crippen molar-refractivity contribution >= 4 is 21.6 Å². The molecule has 1 aromatic rings. The Morgan fingerprint density at radius 2 is 1.80 bits per heavy atom. The maximum atomic E-state index is 12.0. The third-order valence-corrected chi connectivity index (χ3v) is 4.03. The molecule has 0 aliphatic rings. The highest BCUT2D eigenvalue weighted by Gasteiger charge is 2.12. The second kappa shape index (κ2) is 7.98. The lowest BCUT2D eigenvalue weighted by Gasteiger charge is -2.08. The van der Waals surface area contributed by atoms with E-state index in [1.54, 1.807) is 12.1 Å². The van der Waals surface area contributed by atoms with E-state index in [4.69, 9.17) is 0 Å². The maximum absolute atomic E-state index is 12.0. The van der Waals surface area contributed by atoms with Crippen LogP contribution in [0.25, 0.3) is 0 Å². The molecule has 0 aromatic heterocycles. The molecule has 0 saturated heterocycles. The van der Waals surface area contributed by atoms with Gasteiger partial charge in [0.25, 0.3) is 0 Å². The molecule has 7 heteroatoms. The van der Waals surface area contributed by atoms with Gasteiger partial charge in [-0.2, -0.15) is 0 Å². The summed E-state index contributed by atoms with van der Waals surface area (Å²) < 4.78 is 26.5. The Morgan fingerprint density at radius 3 is 2.35 bits per heavy atom. The van der Waals surface area contributed by atoms with E-state index >= 15 is 0 Å². The zero-order valence-electron chi connectivity index (χ0n) is 11.8. The Bertz CT molecular complexity index is 526. The van der Waals surface area contributed by atoms with Crippen LogP contribution in [0.5, 0.6) is 0 Å². The number of sulfonamides is 1. The van der Waals surface area contributed by atoms with Crippen molar-refractivity contribution in [2.75, 3.05) is 25.0 Å². The Morgan fingerprint density at radius 1 is 1.15 bits per heavy atom. The Balaban J connectivity index is 2.56. The van der Waals surface area contributed by atoms with Crippen molar-refractivity contribution in [3.05, 3.63) is 24.3 Å². The second-order valence-electron chi connectivity index (χ2n) is 4.31. The van der Waals surface area contributed by atoms with Gasteiger partial charge in [-0.25, -0.2) is 13.1 Å². The summed E-state index contributed by atoms with van der Waals surface area (Å²) >= 11 is 0. The quantitative estimate of drug-likeness (QED) is 0.623. The zero-order valence-corrected chi connectivity index (χ0v) is 12.6. The average Bonchev–Trinajstić information content (AvgIpc) is 2.38. The van der Waals surface area contributed by atoms with E-state index in [9.17, 15) is 13.2 Å². The van der Waals surface area contributed by atoms with Crippen LogP contribution in [-0.2, 0) is 14.8 Å². The van der Waals surface area contributed by atoms with Crippen molar-refractivity contribution in [2.24, 2.45) is 0 Å². The summed E-state index contributed by atoms with van der Waals surface area (Å²) in [7, 11) is -3.48. The van der Waals surface area contributed by atoms with Gasteiger partial charge in [-0.05, 0) is 43.8 Å². The van der Waals surface area contributed by atoms with Crippen molar-refractivity contribution in [3.8, 4) is 0 Å². The first-order chi connectivity index (χ1) is 9.45. The maximum Gasteiger partial charge on any atom is 0.240 e. The van der Waals surface area contributed by atoms with Crippen LogP contribution in [0, 0.1) is 0 Å². The first kappa shape index (κ1) is 16.6. The molecule has 0 atom stereocenters. The van der Waals surface area contributed by atoms with E-state index in [0.717, 1.165) is 19.5 Å². The average molecular weight is 299 g/mol. The van der Waals surface area contributed by atoms with Crippen molar-refractivity contribution in [3.63, 3.8) is 0 Å². The fraction of sp³-hybridized carbons (Fsp3) is 0.462. The van der Waals surface area contributed by atoms with Crippen LogP contribution in [0.1, 0.15) is 20.3 Å². The number of benzene rings is 1. The minimum Gasteiger partial charge on any atom is -0.326 e. The standard InChI is InChI=1S/C13H21N3O3S/c1-3-14-9-4-10-15-20(18,19)13-7-5-12(6-8-13)16-11(2)17/h5-8,14-15H,3-4,9-10H2,1-2H3,(H,16,17). The number of hydrogen-bond acceptors (Lipinski definition) is 4. The van der Waals surface area contributed by atoms with E-state index in [2.05, 4.69) is 15.4 Å². The van der Waals surface area contributed by atoms with Crippen LogP contribution in [0.2, 0.25) is 0 Å². The van der Waals surface area contributed by atoms with Crippen molar-refractivity contribution in [1.29, 1.82) is 0 Å². The van der Waals surface area contributed by atoms with E-state index in [0.29, 0.717) is 12.2 Å². The highest BCUT2D eigenvalue weighted by molar-refractivity contribution is 7.89. The minimum atomic E-state index is -3.48. The molecule has 0 spiro atoms. The van der Waals surface area contributed by atoms with Crippen LogP contribution >= 0.6 is 0 Å². The molecular formula is C13H21N3O3S. The summed E-state index contributed by atoms with van der Waals surface area (Å²) in [4.78, 5) is 11.1. The van der Waals surface area contributed by atoms with Crippen LogP contribution in [0.3, 0.4) is 0 Å². The lowest BCUT2D eigenvalue weighted by Crippen LogP contribution is -2.27. The largest absolute Gasteiger partial charge is 0.326 e. The molecule has 0 unspecified atom stereocenters. The number of amides is 1. The molecule has 0 radical (unpaired) electrons. The zero-order chi connectivity index (χ0) is 15.0. The molecule has 0 saturated carbocycles. The van der Waals surface area contributed by atoms with Crippen LogP contribution < -0.4 is 15.4 Å². The predicted octanol–water partition coefficient (Wildman–Crippen LogP) is 0.923. The van der Waals surface area contributed by atoms with Gasteiger partial charge in [0.05, 0.1) is 4.90 Å². The number of hydrogen-bond donors (Lipinski definition) is 3. The monoisotopic (exact) mass is 299 g/mol. The molecule has 0 bridgehead atoms. The summed E-state index contributed by atoms with van der Waals surface area (Å²) in [6.45, 7) is 5.44. The molecular weight excluding hydrogens is 278 g/mol. The molecule has 1 aromatic carbocycles. The topological polar surface area (TPSA) is 87.3 Å². The first-order valence-corrected chi connectivity index (χ1v) is 8.02. The number of anilines is 1. The van der Waals surface area contributed by atoms with Crippen molar-refractivity contribution in [1.82, 2.24) is 10.0 Å². The van der Waals surface area contributed by atoms with Gasteiger partial charge in [0.1, 0.15) is 0 Å². The number of nitrogens with one attached hydrogen (secondary N) is 3. The highest BCUT2D eigenvalue weighted by Crippen LogP contribution is 2.13.